The van der Waals surface area contributed by atoms with E-state index in [2.05, 4.69) is 4.98 Å². The molecular formula is C11H12F2N2O3. The molecule has 98 valence electrons. The van der Waals surface area contributed by atoms with E-state index < -0.39 is 29.2 Å². The SMILES string of the molecule is CCN(CCC(=O)O)C(=O)c1ccnc(F)c1F. The van der Waals surface area contributed by atoms with Gasteiger partial charge in [-0.15, -0.1) is 0 Å². The fraction of sp³-hybridized carbons (Fsp3) is 0.364. The highest BCUT2D eigenvalue weighted by atomic mass is 19.2. The van der Waals surface area contributed by atoms with Gasteiger partial charge >= 0.3 is 5.97 Å². The predicted molar refractivity (Wildman–Crippen MR) is 58.0 cm³/mol. The molecule has 0 aliphatic heterocycles. The number of carbonyl (C=O) groups excluding carboxylic acids is 1. The van der Waals surface area contributed by atoms with Crippen molar-refractivity contribution in [3.8, 4) is 0 Å². The number of hydrogen-bond donors (Lipinski definition) is 1. The van der Waals surface area contributed by atoms with Crippen LogP contribution in [0.5, 0.6) is 0 Å². The van der Waals surface area contributed by atoms with Crippen LogP contribution in [0.2, 0.25) is 0 Å². The van der Waals surface area contributed by atoms with Gasteiger partial charge in [-0.05, 0) is 13.0 Å². The fourth-order valence-corrected chi connectivity index (χ4v) is 1.39. The first-order valence-electron chi connectivity index (χ1n) is 5.28. The first-order chi connectivity index (χ1) is 8.47. The third kappa shape index (κ3) is 3.22. The molecule has 1 amide bonds. The van der Waals surface area contributed by atoms with E-state index in [0.29, 0.717) is 0 Å². The fourth-order valence-electron chi connectivity index (χ4n) is 1.39. The summed E-state index contributed by atoms with van der Waals surface area (Å²) in [4.78, 5) is 26.5. The molecule has 0 radical (unpaired) electrons. The number of carboxylic acid groups (broad SMARTS) is 1. The lowest BCUT2D eigenvalue weighted by Gasteiger charge is -2.20. The van der Waals surface area contributed by atoms with Crippen LogP contribution in [0.25, 0.3) is 0 Å². The Hall–Kier alpha value is -2.05. The van der Waals surface area contributed by atoms with Crippen molar-refractivity contribution in [3.63, 3.8) is 0 Å². The topological polar surface area (TPSA) is 70.5 Å². The normalized spacial score (nSPS) is 10.2. The number of carbonyl (C=O) groups is 2. The van der Waals surface area contributed by atoms with Crippen LogP contribution in [0.3, 0.4) is 0 Å². The number of amides is 1. The zero-order chi connectivity index (χ0) is 13.7. The first-order valence-corrected chi connectivity index (χ1v) is 5.28. The van der Waals surface area contributed by atoms with E-state index in [4.69, 9.17) is 5.11 Å². The van der Waals surface area contributed by atoms with Crippen LogP contribution in [0.4, 0.5) is 8.78 Å². The van der Waals surface area contributed by atoms with E-state index in [1.165, 1.54) is 0 Å². The maximum Gasteiger partial charge on any atom is 0.305 e. The third-order valence-corrected chi connectivity index (χ3v) is 2.34. The highest BCUT2D eigenvalue weighted by Crippen LogP contribution is 2.12. The van der Waals surface area contributed by atoms with Crippen LogP contribution in [0.15, 0.2) is 12.3 Å². The van der Waals surface area contributed by atoms with E-state index >= 15 is 0 Å². The van der Waals surface area contributed by atoms with Crippen molar-refractivity contribution >= 4 is 11.9 Å². The van der Waals surface area contributed by atoms with Gasteiger partial charge < -0.3 is 10.0 Å². The van der Waals surface area contributed by atoms with Crippen molar-refractivity contribution in [3.05, 3.63) is 29.6 Å². The van der Waals surface area contributed by atoms with Gasteiger partial charge in [0, 0.05) is 19.3 Å². The van der Waals surface area contributed by atoms with Gasteiger partial charge in [0.25, 0.3) is 5.91 Å². The van der Waals surface area contributed by atoms with Crippen molar-refractivity contribution in [2.24, 2.45) is 0 Å². The van der Waals surface area contributed by atoms with Gasteiger partial charge in [-0.1, -0.05) is 0 Å². The van der Waals surface area contributed by atoms with Gasteiger partial charge in [-0.2, -0.15) is 4.39 Å². The van der Waals surface area contributed by atoms with E-state index in [9.17, 15) is 18.4 Å². The molecule has 0 atom stereocenters. The van der Waals surface area contributed by atoms with Crippen molar-refractivity contribution in [2.75, 3.05) is 13.1 Å². The Bertz CT molecular complexity index is 466. The molecule has 0 saturated heterocycles. The summed E-state index contributed by atoms with van der Waals surface area (Å²) < 4.78 is 26.2. The van der Waals surface area contributed by atoms with E-state index in [1.54, 1.807) is 6.92 Å². The first kappa shape index (κ1) is 14.0. The molecule has 1 aromatic heterocycles. The Morgan fingerprint density at radius 1 is 1.44 bits per heavy atom. The average molecular weight is 258 g/mol. The summed E-state index contributed by atoms with van der Waals surface area (Å²) in [6.07, 6.45) is 0.728. The molecule has 1 rings (SSSR count). The molecule has 0 aliphatic carbocycles. The molecular weight excluding hydrogens is 246 g/mol. The standard InChI is InChI=1S/C11H12F2N2O3/c1-2-15(6-4-8(16)17)11(18)7-3-5-14-10(13)9(7)12/h3,5H,2,4,6H2,1H3,(H,16,17). The van der Waals surface area contributed by atoms with Crippen molar-refractivity contribution in [1.82, 2.24) is 9.88 Å². The second kappa shape index (κ2) is 6.04. The van der Waals surface area contributed by atoms with Crippen molar-refractivity contribution < 1.29 is 23.5 Å². The van der Waals surface area contributed by atoms with E-state index in [0.717, 1.165) is 17.2 Å². The van der Waals surface area contributed by atoms with Crippen molar-refractivity contribution in [1.29, 1.82) is 0 Å². The molecule has 1 aromatic rings. The largest absolute Gasteiger partial charge is 0.481 e. The quantitative estimate of drug-likeness (QED) is 0.808. The molecule has 7 heteroatoms. The van der Waals surface area contributed by atoms with Crippen molar-refractivity contribution in [2.45, 2.75) is 13.3 Å². The Morgan fingerprint density at radius 3 is 2.67 bits per heavy atom. The third-order valence-electron chi connectivity index (χ3n) is 2.34. The minimum Gasteiger partial charge on any atom is -0.481 e. The Labute approximate surface area is 102 Å². The molecule has 0 fully saturated rings. The van der Waals surface area contributed by atoms with Gasteiger partial charge in [0.15, 0.2) is 5.82 Å². The minimum absolute atomic E-state index is 0.0615. The van der Waals surface area contributed by atoms with Crippen LogP contribution in [-0.2, 0) is 4.79 Å². The number of rotatable bonds is 5. The maximum atomic E-state index is 13.3. The highest BCUT2D eigenvalue weighted by Gasteiger charge is 2.21. The van der Waals surface area contributed by atoms with Gasteiger partial charge in [0.05, 0.1) is 12.0 Å². The molecule has 18 heavy (non-hydrogen) atoms. The number of halogens is 2. The zero-order valence-corrected chi connectivity index (χ0v) is 9.69. The molecule has 0 aliphatic rings. The summed E-state index contributed by atoms with van der Waals surface area (Å²) >= 11 is 0. The van der Waals surface area contributed by atoms with E-state index in [-0.39, 0.29) is 19.5 Å². The number of aliphatic carboxylic acids is 1. The number of hydrogen-bond acceptors (Lipinski definition) is 3. The van der Waals surface area contributed by atoms with Gasteiger partial charge in [-0.3, -0.25) is 9.59 Å². The van der Waals surface area contributed by atoms with Crippen LogP contribution in [0, 0.1) is 11.8 Å². The zero-order valence-electron chi connectivity index (χ0n) is 9.69. The summed E-state index contributed by atoms with van der Waals surface area (Å²) in [7, 11) is 0. The lowest BCUT2D eigenvalue weighted by molar-refractivity contribution is -0.137. The molecule has 0 aromatic carbocycles. The second-order valence-electron chi connectivity index (χ2n) is 3.49. The molecule has 0 unspecified atom stereocenters. The lowest BCUT2D eigenvalue weighted by atomic mass is 10.2. The molecule has 0 spiro atoms. The molecule has 0 bridgehead atoms. The Kier molecular flexibility index (Phi) is 4.70. The number of aromatic nitrogens is 1. The van der Waals surface area contributed by atoms with Gasteiger partial charge in [0.1, 0.15) is 0 Å². The highest BCUT2D eigenvalue weighted by molar-refractivity contribution is 5.94. The molecule has 1 N–H and O–H groups in total. The van der Waals surface area contributed by atoms with Crippen LogP contribution in [0.1, 0.15) is 23.7 Å². The summed E-state index contributed by atoms with van der Waals surface area (Å²) in [5, 5.41) is 8.53. The smallest absolute Gasteiger partial charge is 0.305 e. The lowest BCUT2D eigenvalue weighted by Crippen LogP contribution is -2.33. The monoisotopic (exact) mass is 258 g/mol. The summed E-state index contributed by atoms with van der Waals surface area (Å²) in [5.74, 6) is -4.49. The summed E-state index contributed by atoms with van der Waals surface area (Å²) in [6, 6.07) is 1.06. The maximum absolute atomic E-state index is 13.3. The van der Waals surface area contributed by atoms with Crippen LogP contribution < -0.4 is 0 Å². The minimum atomic E-state index is -1.35. The number of pyridine rings is 1. The van der Waals surface area contributed by atoms with Crippen LogP contribution in [-0.4, -0.2) is 40.0 Å². The van der Waals surface area contributed by atoms with Crippen LogP contribution >= 0.6 is 0 Å². The van der Waals surface area contributed by atoms with E-state index in [1.807, 2.05) is 0 Å². The summed E-state index contributed by atoms with van der Waals surface area (Å²) in [5.41, 5.74) is -0.449. The Morgan fingerprint density at radius 2 is 2.11 bits per heavy atom. The predicted octanol–water partition coefficient (Wildman–Crippen LogP) is 1.30. The van der Waals surface area contributed by atoms with Gasteiger partial charge in [-0.25, -0.2) is 9.37 Å². The number of nitrogens with zero attached hydrogens (tertiary/aromatic N) is 2. The number of carboxylic acids is 1. The molecule has 5 nitrogen and oxygen atoms in total. The average Bonchev–Trinajstić information content (AvgIpc) is 2.32. The Balaban J connectivity index is 2.89. The second-order valence-corrected chi connectivity index (χ2v) is 3.49. The molecule has 1 heterocycles. The summed E-state index contributed by atoms with van der Waals surface area (Å²) in [6.45, 7) is 1.76. The van der Waals surface area contributed by atoms with Gasteiger partial charge in [0.2, 0.25) is 5.95 Å². The molecule has 0 saturated carbocycles.